The van der Waals surface area contributed by atoms with Crippen molar-refractivity contribution in [1.29, 1.82) is 0 Å². The summed E-state index contributed by atoms with van der Waals surface area (Å²) in [6, 6.07) is 5.19. The molecule has 3 N–H and O–H groups in total. The second kappa shape index (κ2) is 7.01. The molecule has 0 aliphatic rings. The topological polar surface area (TPSA) is 69.6 Å². The summed E-state index contributed by atoms with van der Waals surface area (Å²) in [6.07, 6.45) is 1.31. The first-order valence-corrected chi connectivity index (χ1v) is 6.26. The molecule has 0 radical (unpaired) electrons. The summed E-state index contributed by atoms with van der Waals surface area (Å²) < 4.78 is 0. The van der Waals surface area contributed by atoms with Crippen LogP contribution in [0.25, 0.3) is 0 Å². The summed E-state index contributed by atoms with van der Waals surface area (Å²) in [7, 11) is 0. The van der Waals surface area contributed by atoms with E-state index in [0.29, 0.717) is 6.42 Å². The van der Waals surface area contributed by atoms with Gasteiger partial charge in [0.05, 0.1) is 12.5 Å². The van der Waals surface area contributed by atoms with E-state index in [9.17, 15) is 15.0 Å². The maximum absolute atomic E-state index is 11.6. The summed E-state index contributed by atoms with van der Waals surface area (Å²) in [4.78, 5) is 11.6. The largest absolute Gasteiger partial charge is 0.508 e. The lowest BCUT2D eigenvalue weighted by Crippen LogP contribution is -2.33. The Morgan fingerprint density at radius 2 is 2.17 bits per heavy atom. The van der Waals surface area contributed by atoms with Gasteiger partial charge in [0.2, 0.25) is 5.91 Å². The van der Waals surface area contributed by atoms with E-state index in [2.05, 4.69) is 5.32 Å². The van der Waals surface area contributed by atoms with Crippen LogP contribution < -0.4 is 5.32 Å². The number of aliphatic hydroxyl groups excluding tert-OH is 1. The molecule has 0 spiro atoms. The molecule has 1 atom stereocenters. The molecule has 0 bridgehead atoms. The lowest BCUT2D eigenvalue weighted by Gasteiger charge is -2.11. The lowest BCUT2D eigenvalue weighted by atomic mass is 10.1. The molecule has 100 valence electrons. The molecule has 0 aliphatic heterocycles. The second-order valence-electron chi connectivity index (χ2n) is 4.54. The van der Waals surface area contributed by atoms with Gasteiger partial charge in [-0.15, -0.1) is 0 Å². The van der Waals surface area contributed by atoms with Crippen LogP contribution in [0.2, 0.25) is 0 Å². The summed E-state index contributed by atoms with van der Waals surface area (Å²) in [6.45, 7) is 4.07. The van der Waals surface area contributed by atoms with Crippen molar-refractivity contribution in [3.05, 3.63) is 29.3 Å². The van der Waals surface area contributed by atoms with Crippen LogP contribution in [-0.4, -0.2) is 28.8 Å². The first-order chi connectivity index (χ1) is 8.52. The van der Waals surface area contributed by atoms with Gasteiger partial charge in [-0.2, -0.15) is 0 Å². The zero-order valence-corrected chi connectivity index (χ0v) is 10.9. The molecule has 0 saturated heterocycles. The van der Waals surface area contributed by atoms with Crippen LogP contribution in [0.4, 0.5) is 0 Å². The monoisotopic (exact) mass is 251 g/mol. The molecule has 1 aromatic carbocycles. The second-order valence-corrected chi connectivity index (χ2v) is 4.54. The Kier molecular flexibility index (Phi) is 5.65. The van der Waals surface area contributed by atoms with Crippen molar-refractivity contribution in [3.8, 4) is 5.75 Å². The Balaban J connectivity index is 2.42. The minimum Gasteiger partial charge on any atom is -0.508 e. The van der Waals surface area contributed by atoms with Gasteiger partial charge < -0.3 is 15.5 Å². The minimum absolute atomic E-state index is 0.145. The van der Waals surface area contributed by atoms with Crippen molar-refractivity contribution >= 4 is 5.91 Å². The van der Waals surface area contributed by atoms with Crippen molar-refractivity contribution in [2.75, 3.05) is 6.54 Å². The number of carbonyl (C=O) groups excluding carboxylic acids is 1. The Bertz CT molecular complexity index is 404. The summed E-state index contributed by atoms with van der Waals surface area (Å²) in [5, 5.41) is 21.7. The standard InChI is InChI=1S/C14H21NO3/c1-3-4-12(16)9-15-14(18)8-11-6-5-10(2)13(17)7-11/h5-7,12,16-17H,3-4,8-9H2,1-2H3,(H,15,18). The Labute approximate surface area is 108 Å². The van der Waals surface area contributed by atoms with Crippen LogP contribution in [0.5, 0.6) is 5.75 Å². The van der Waals surface area contributed by atoms with E-state index < -0.39 is 6.10 Å². The molecule has 4 nitrogen and oxygen atoms in total. The molecule has 0 heterocycles. The van der Waals surface area contributed by atoms with Gasteiger partial charge in [0.25, 0.3) is 0 Å². The van der Waals surface area contributed by atoms with Crippen LogP contribution in [0.1, 0.15) is 30.9 Å². The fraction of sp³-hybridized carbons (Fsp3) is 0.500. The highest BCUT2D eigenvalue weighted by atomic mass is 16.3. The van der Waals surface area contributed by atoms with Crippen molar-refractivity contribution in [2.24, 2.45) is 0 Å². The van der Waals surface area contributed by atoms with Gasteiger partial charge >= 0.3 is 0 Å². The van der Waals surface area contributed by atoms with Crippen LogP contribution >= 0.6 is 0 Å². The molecule has 4 heteroatoms. The third-order valence-corrected chi connectivity index (χ3v) is 2.79. The van der Waals surface area contributed by atoms with Gasteiger partial charge in [-0.05, 0) is 30.5 Å². The number of aromatic hydroxyl groups is 1. The van der Waals surface area contributed by atoms with E-state index in [1.165, 1.54) is 0 Å². The quantitative estimate of drug-likeness (QED) is 0.718. The molecule has 18 heavy (non-hydrogen) atoms. The normalized spacial score (nSPS) is 12.2. The van der Waals surface area contributed by atoms with Gasteiger partial charge in [-0.1, -0.05) is 25.5 Å². The Morgan fingerprint density at radius 3 is 2.78 bits per heavy atom. The highest BCUT2D eigenvalue weighted by Gasteiger charge is 2.08. The molecular weight excluding hydrogens is 230 g/mol. The van der Waals surface area contributed by atoms with Crippen LogP contribution in [-0.2, 0) is 11.2 Å². The highest BCUT2D eigenvalue weighted by Crippen LogP contribution is 2.17. The Morgan fingerprint density at radius 1 is 1.44 bits per heavy atom. The fourth-order valence-electron chi connectivity index (χ4n) is 1.68. The van der Waals surface area contributed by atoms with E-state index in [4.69, 9.17) is 0 Å². The molecule has 0 aromatic heterocycles. The third-order valence-electron chi connectivity index (χ3n) is 2.79. The van der Waals surface area contributed by atoms with Gasteiger partial charge in [-0.3, -0.25) is 4.79 Å². The molecule has 1 rings (SSSR count). The fourth-order valence-corrected chi connectivity index (χ4v) is 1.68. The number of phenols is 1. The molecule has 0 saturated carbocycles. The number of hydrogen-bond acceptors (Lipinski definition) is 3. The van der Waals surface area contributed by atoms with Gasteiger partial charge in [0, 0.05) is 6.54 Å². The van der Waals surface area contributed by atoms with Gasteiger partial charge in [0.1, 0.15) is 5.75 Å². The maximum Gasteiger partial charge on any atom is 0.224 e. The highest BCUT2D eigenvalue weighted by molar-refractivity contribution is 5.78. The zero-order chi connectivity index (χ0) is 13.5. The number of amides is 1. The number of aliphatic hydroxyl groups is 1. The first kappa shape index (κ1) is 14.5. The molecule has 0 fully saturated rings. The predicted octanol–water partition coefficient (Wildman–Crippen LogP) is 1.52. The lowest BCUT2D eigenvalue weighted by molar-refractivity contribution is -0.120. The average molecular weight is 251 g/mol. The summed E-state index contributed by atoms with van der Waals surface area (Å²) in [5.74, 6) is 0.0553. The third kappa shape index (κ3) is 4.75. The molecular formula is C14H21NO3. The molecule has 1 amide bonds. The number of carbonyl (C=O) groups is 1. The van der Waals surface area contributed by atoms with Crippen LogP contribution in [0.3, 0.4) is 0 Å². The number of benzene rings is 1. The number of nitrogens with one attached hydrogen (secondary N) is 1. The number of rotatable bonds is 6. The smallest absolute Gasteiger partial charge is 0.224 e. The molecule has 0 aliphatic carbocycles. The molecule has 1 unspecified atom stereocenters. The SMILES string of the molecule is CCCC(O)CNC(=O)Cc1ccc(C)c(O)c1. The maximum atomic E-state index is 11.6. The predicted molar refractivity (Wildman–Crippen MR) is 70.5 cm³/mol. The summed E-state index contributed by atoms with van der Waals surface area (Å²) >= 11 is 0. The number of aryl methyl sites for hydroxylation is 1. The van der Waals surface area contributed by atoms with E-state index in [1.807, 2.05) is 13.0 Å². The number of hydrogen-bond donors (Lipinski definition) is 3. The summed E-state index contributed by atoms with van der Waals surface area (Å²) in [5.41, 5.74) is 1.55. The van der Waals surface area contributed by atoms with Crippen molar-refractivity contribution in [2.45, 2.75) is 39.2 Å². The Hall–Kier alpha value is -1.55. The van der Waals surface area contributed by atoms with Crippen LogP contribution in [0, 0.1) is 6.92 Å². The van der Waals surface area contributed by atoms with E-state index in [0.717, 1.165) is 17.5 Å². The van der Waals surface area contributed by atoms with Crippen molar-refractivity contribution in [1.82, 2.24) is 5.32 Å². The number of phenolic OH excluding ortho intramolecular Hbond substituents is 1. The molecule has 1 aromatic rings. The van der Waals surface area contributed by atoms with E-state index in [1.54, 1.807) is 19.1 Å². The first-order valence-electron chi connectivity index (χ1n) is 6.26. The van der Waals surface area contributed by atoms with E-state index >= 15 is 0 Å². The van der Waals surface area contributed by atoms with Crippen molar-refractivity contribution < 1.29 is 15.0 Å². The van der Waals surface area contributed by atoms with E-state index in [-0.39, 0.29) is 24.6 Å². The van der Waals surface area contributed by atoms with Crippen molar-refractivity contribution in [3.63, 3.8) is 0 Å². The van der Waals surface area contributed by atoms with Gasteiger partial charge in [0.15, 0.2) is 0 Å². The zero-order valence-electron chi connectivity index (χ0n) is 10.9. The van der Waals surface area contributed by atoms with Gasteiger partial charge in [-0.25, -0.2) is 0 Å². The average Bonchev–Trinajstić information content (AvgIpc) is 2.32. The van der Waals surface area contributed by atoms with Crippen LogP contribution in [0.15, 0.2) is 18.2 Å². The minimum atomic E-state index is -0.481.